The van der Waals surface area contributed by atoms with Crippen LogP contribution in [0.2, 0.25) is 0 Å². The maximum atomic E-state index is 12.4. The fraction of sp³-hybridized carbons (Fsp3) is 0.500. The monoisotopic (exact) mass is 360 g/mol. The van der Waals surface area contributed by atoms with E-state index < -0.39 is 0 Å². The first-order chi connectivity index (χ1) is 12.1. The van der Waals surface area contributed by atoms with E-state index in [-0.39, 0.29) is 17.3 Å². The van der Waals surface area contributed by atoms with Gasteiger partial charge in [-0.15, -0.1) is 10.2 Å². The molecule has 0 bridgehead atoms. The SMILES string of the molecule is Cc1ccccc1-n1c(C)nnc1S[C@@H](C)C(=O)NC[C@H]1CCCO1. The standard InChI is InChI=1S/C18H24N4O2S/c1-12-7-4-5-9-16(12)22-14(3)20-21-18(22)25-13(2)17(23)19-11-15-8-6-10-24-15/h4-5,7,9,13,15H,6,8,10-11H2,1-3H3,(H,19,23)/t13-,15+/m0/s1. The van der Waals surface area contributed by atoms with Crippen LogP contribution in [-0.4, -0.2) is 45.2 Å². The number of para-hydroxylation sites is 1. The van der Waals surface area contributed by atoms with E-state index in [0.717, 1.165) is 41.7 Å². The smallest absolute Gasteiger partial charge is 0.233 e. The number of benzene rings is 1. The Labute approximate surface area is 152 Å². The predicted molar refractivity (Wildman–Crippen MR) is 98.1 cm³/mol. The van der Waals surface area contributed by atoms with Crippen LogP contribution in [0.25, 0.3) is 5.69 Å². The second-order valence-electron chi connectivity index (χ2n) is 6.29. The second kappa shape index (κ2) is 8.01. The number of ether oxygens (including phenoxy) is 1. The molecule has 134 valence electrons. The molecule has 1 aromatic carbocycles. The molecule has 25 heavy (non-hydrogen) atoms. The summed E-state index contributed by atoms with van der Waals surface area (Å²) in [7, 11) is 0. The zero-order valence-corrected chi connectivity index (χ0v) is 15.7. The third kappa shape index (κ3) is 4.22. The Morgan fingerprint density at radius 3 is 2.92 bits per heavy atom. The van der Waals surface area contributed by atoms with Crippen LogP contribution in [0.4, 0.5) is 0 Å². The minimum Gasteiger partial charge on any atom is -0.376 e. The first-order valence-electron chi connectivity index (χ1n) is 8.60. The Kier molecular flexibility index (Phi) is 5.75. The van der Waals surface area contributed by atoms with Gasteiger partial charge in [-0.2, -0.15) is 0 Å². The number of nitrogens with one attached hydrogen (secondary N) is 1. The molecule has 0 radical (unpaired) electrons. The molecular formula is C18H24N4O2S. The van der Waals surface area contributed by atoms with Gasteiger partial charge < -0.3 is 10.1 Å². The highest BCUT2D eigenvalue weighted by Gasteiger charge is 2.22. The quantitative estimate of drug-likeness (QED) is 0.802. The summed E-state index contributed by atoms with van der Waals surface area (Å²) >= 11 is 1.42. The van der Waals surface area contributed by atoms with Gasteiger partial charge in [0.2, 0.25) is 5.91 Å². The van der Waals surface area contributed by atoms with E-state index in [1.807, 2.05) is 36.6 Å². The van der Waals surface area contributed by atoms with Gasteiger partial charge in [0.25, 0.3) is 0 Å². The molecule has 0 saturated carbocycles. The lowest BCUT2D eigenvalue weighted by Crippen LogP contribution is -2.36. The molecule has 6 nitrogen and oxygen atoms in total. The molecule has 1 amide bonds. The van der Waals surface area contributed by atoms with Crippen molar-refractivity contribution in [3.63, 3.8) is 0 Å². The van der Waals surface area contributed by atoms with Gasteiger partial charge in [0.1, 0.15) is 5.82 Å². The molecular weight excluding hydrogens is 336 g/mol. The van der Waals surface area contributed by atoms with Crippen molar-refractivity contribution >= 4 is 17.7 Å². The van der Waals surface area contributed by atoms with Crippen LogP contribution in [0.1, 0.15) is 31.2 Å². The van der Waals surface area contributed by atoms with Crippen molar-refractivity contribution in [3.8, 4) is 5.69 Å². The first kappa shape index (κ1) is 17.9. The second-order valence-corrected chi connectivity index (χ2v) is 7.60. The first-order valence-corrected chi connectivity index (χ1v) is 9.48. The summed E-state index contributed by atoms with van der Waals surface area (Å²) in [6.45, 7) is 7.24. The molecule has 1 aliphatic heterocycles. The van der Waals surface area contributed by atoms with E-state index in [9.17, 15) is 4.79 Å². The maximum absolute atomic E-state index is 12.4. The zero-order chi connectivity index (χ0) is 17.8. The number of hydrogen-bond acceptors (Lipinski definition) is 5. The molecule has 0 unspecified atom stereocenters. The molecule has 0 aliphatic carbocycles. The van der Waals surface area contributed by atoms with Crippen molar-refractivity contribution in [1.29, 1.82) is 0 Å². The Bertz CT molecular complexity index is 740. The zero-order valence-electron chi connectivity index (χ0n) is 14.9. The van der Waals surface area contributed by atoms with Crippen molar-refractivity contribution in [2.75, 3.05) is 13.2 Å². The van der Waals surface area contributed by atoms with Crippen LogP contribution < -0.4 is 5.32 Å². The molecule has 2 atom stereocenters. The number of hydrogen-bond donors (Lipinski definition) is 1. The van der Waals surface area contributed by atoms with Crippen LogP contribution in [0, 0.1) is 13.8 Å². The molecule has 1 aliphatic rings. The van der Waals surface area contributed by atoms with E-state index in [1.165, 1.54) is 11.8 Å². The lowest BCUT2D eigenvalue weighted by atomic mass is 10.2. The Morgan fingerprint density at radius 1 is 1.40 bits per heavy atom. The number of carbonyl (C=O) groups excluding carboxylic acids is 1. The number of amides is 1. The molecule has 2 aromatic rings. The van der Waals surface area contributed by atoms with Crippen LogP contribution in [0.5, 0.6) is 0 Å². The molecule has 2 heterocycles. The highest BCUT2D eigenvalue weighted by molar-refractivity contribution is 8.00. The normalized spacial score (nSPS) is 18.3. The van der Waals surface area contributed by atoms with E-state index in [0.29, 0.717) is 6.54 Å². The van der Waals surface area contributed by atoms with E-state index in [2.05, 4.69) is 28.5 Å². The van der Waals surface area contributed by atoms with Gasteiger partial charge in [-0.05, 0) is 45.2 Å². The van der Waals surface area contributed by atoms with Crippen LogP contribution >= 0.6 is 11.8 Å². The summed E-state index contributed by atoms with van der Waals surface area (Å²) in [5, 5.41) is 11.9. The molecule has 1 fully saturated rings. The molecule has 3 rings (SSSR count). The van der Waals surface area contributed by atoms with Gasteiger partial charge >= 0.3 is 0 Å². The van der Waals surface area contributed by atoms with Gasteiger partial charge in [0, 0.05) is 13.2 Å². The summed E-state index contributed by atoms with van der Waals surface area (Å²) in [5.41, 5.74) is 2.18. The summed E-state index contributed by atoms with van der Waals surface area (Å²) < 4.78 is 7.55. The van der Waals surface area contributed by atoms with E-state index in [1.54, 1.807) is 0 Å². The minimum atomic E-state index is -0.257. The predicted octanol–water partition coefficient (Wildman–Crippen LogP) is 2.66. The molecule has 7 heteroatoms. The van der Waals surface area contributed by atoms with Crippen molar-refractivity contribution in [2.45, 2.75) is 50.1 Å². The summed E-state index contributed by atoms with van der Waals surface area (Å²) in [6.07, 6.45) is 2.24. The Balaban J connectivity index is 1.68. The van der Waals surface area contributed by atoms with Crippen molar-refractivity contribution in [3.05, 3.63) is 35.7 Å². The molecule has 1 saturated heterocycles. The number of aromatic nitrogens is 3. The lowest BCUT2D eigenvalue weighted by molar-refractivity contribution is -0.120. The van der Waals surface area contributed by atoms with Crippen LogP contribution in [-0.2, 0) is 9.53 Å². The summed E-state index contributed by atoms with van der Waals surface area (Å²) in [4.78, 5) is 12.4. The molecule has 0 spiro atoms. The number of thioether (sulfide) groups is 1. The topological polar surface area (TPSA) is 69.0 Å². The number of rotatable bonds is 6. The largest absolute Gasteiger partial charge is 0.376 e. The van der Waals surface area contributed by atoms with Crippen molar-refractivity contribution < 1.29 is 9.53 Å². The number of aryl methyl sites for hydroxylation is 2. The van der Waals surface area contributed by atoms with E-state index in [4.69, 9.17) is 4.74 Å². The van der Waals surface area contributed by atoms with Gasteiger partial charge in [-0.1, -0.05) is 30.0 Å². The van der Waals surface area contributed by atoms with Crippen molar-refractivity contribution in [1.82, 2.24) is 20.1 Å². The lowest BCUT2D eigenvalue weighted by Gasteiger charge is -2.16. The number of carbonyl (C=O) groups is 1. The third-order valence-corrected chi connectivity index (χ3v) is 5.37. The maximum Gasteiger partial charge on any atom is 0.233 e. The minimum absolute atomic E-state index is 0.00233. The Hall–Kier alpha value is -1.86. The summed E-state index contributed by atoms with van der Waals surface area (Å²) in [6, 6.07) is 8.10. The highest BCUT2D eigenvalue weighted by atomic mass is 32.2. The van der Waals surface area contributed by atoms with Crippen LogP contribution in [0.3, 0.4) is 0 Å². The average Bonchev–Trinajstić information content (AvgIpc) is 3.23. The fourth-order valence-electron chi connectivity index (χ4n) is 2.89. The highest BCUT2D eigenvalue weighted by Crippen LogP contribution is 2.27. The summed E-state index contributed by atoms with van der Waals surface area (Å²) in [5.74, 6) is 0.807. The van der Waals surface area contributed by atoms with Crippen LogP contribution in [0.15, 0.2) is 29.4 Å². The van der Waals surface area contributed by atoms with Gasteiger partial charge in [0.05, 0.1) is 17.0 Å². The third-order valence-electron chi connectivity index (χ3n) is 4.33. The van der Waals surface area contributed by atoms with E-state index >= 15 is 0 Å². The number of nitrogens with zero attached hydrogens (tertiary/aromatic N) is 3. The fourth-order valence-corrected chi connectivity index (χ4v) is 3.82. The molecule has 1 aromatic heterocycles. The average molecular weight is 360 g/mol. The van der Waals surface area contributed by atoms with Gasteiger partial charge in [0.15, 0.2) is 5.16 Å². The van der Waals surface area contributed by atoms with Gasteiger partial charge in [-0.3, -0.25) is 9.36 Å². The Morgan fingerprint density at radius 2 is 2.20 bits per heavy atom. The molecule has 1 N–H and O–H groups in total. The van der Waals surface area contributed by atoms with Gasteiger partial charge in [-0.25, -0.2) is 0 Å². The van der Waals surface area contributed by atoms with Crippen molar-refractivity contribution in [2.24, 2.45) is 0 Å².